The zero-order chi connectivity index (χ0) is 19.8. The summed E-state index contributed by atoms with van der Waals surface area (Å²) in [4.78, 5) is 31.6. The number of nitriles is 1. The minimum absolute atomic E-state index is 0.0236. The molecule has 2 unspecified atom stereocenters. The normalized spacial score (nSPS) is 14.9. The van der Waals surface area contributed by atoms with E-state index < -0.39 is 10.8 Å². The molecule has 1 amide bonds. The van der Waals surface area contributed by atoms with Crippen molar-refractivity contribution in [2.45, 2.75) is 57.5 Å². The predicted molar refractivity (Wildman–Crippen MR) is 107 cm³/mol. The Morgan fingerprint density at radius 3 is 2.54 bits per heavy atom. The van der Waals surface area contributed by atoms with E-state index in [2.05, 4.69) is 16.4 Å². The van der Waals surface area contributed by atoms with Crippen molar-refractivity contribution in [1.82, 2.24) is 14.9 Å². The lowest BCUT2D eigenvalue weighted by Crippen LogP contribution is -2.51. The smallest absolute Gasteiger partial charge is 0.262 e. The van der Waals surface area contributed by atoms with Crippen LogP contribution >= 0.6 is 23.1 Å². The molecule has 0 aromatic carbocycles. The molecule has 0 fully saturated rings. The molecule has 0 aliphatic heterocycles. The Kier molecular flexibility index (Phi) is 5.83. The molecule has 2 heterocycles. The van der Waals surface area contributed by atoms with Gasteiger partial charge >= 0.3 is 0 Å². The number of carbonyl (C=O) groups is 1. The van der Waals surface area contributed by atoms with Gasteiger partial charge in [-0.15, -0.1) is 11.3 Å². The van der Waals surface area contributed by atoms with Crippen molar-refractivity contribution < 1.29 is 4.79 Å². The third-order valence-electron chi connectivity index (χ3n) is 4.79. The van der Waals surface area contributed by atoms with Crippen LogP contribution in [0.4, 0.5) is 0 Å². The van der Waals surface area contributed by atoms with Crippen molar-refractivity contribution >= 4 is 39.2 Å². The number of aryl methyl sites for hydroxylation is 2. The molecule has 0 bridgehead atoms. The first kappa shape index (κ1) is 20.5. The van der Waals surface area contributed by atoms with Gasteiger partial charge in [0.2, 0.25) is 5.91 Å². The molecular weight excluding hydrogens is 368 g/mol. The van der Waals surface area contributed by atoms with E-state index in [9.17, 15) is 14.9 Å². The molecule has 0 aliphatic carbocycles. The topological polar surface area (TPSA) is 87.8 Å². The lowest BCUT2D eigenvalue weighted by Gasteiger charge is -2.28. The number of nitrogens with zero attached hydrogens (tertiary/aromatic N) is 3. The number of rotatable bonds is 5. The fraction of sp³-hybridized carbons (Fsp3) is 0.556. The van der Waals surface area contributed by atoms with Crippen LogP contribution in [0.5, 0.6) is 0 Å². The average Bonchev–Trinajstić information content (AvgIpc) is 2.86. The maximum absolute atomic E-state index is 12.7. The number of carbonyl (C=O) groups excluding carboxylic acids is 1. The summed E-state index contributed by atoms with van der Waals surface area (Å²) in [6.45, 7) is 11.1. The number of thiophene rings is 1. The Morgan fingerprint density at radius 2 is 2.00 bits per heavy atom. The van der Waals surface area contributed by atoms with E-state index in [-0.39, 0.29) is 17.4 Å². The first-order valence-corrected chi connectivity index (χ1v) is 10.1. The van der Waals surface area contributed by atoms with Crippen LogP contribution in [-0.4, -0.2) is 26.2 Å². The minimum Gasteiger partial charge on any atom is -0.337 e. The van der Waals surface area contributed by atoms with Gasteiger partial charge in [-0.05, 0) is 39.2 Å². The Balaban J connectivity index is 2.31. The van der Waals surface area contributed by atoms with Gasteiger partial charge in [-0.1, -0.05) is 25.6 Å². The van der Waals surface area contributed by atoms with Crippen LogP contribution in [0.25, 0.3) is 10.2 Å². The molecule has 1 N–H and O–H groups in total. The second-order valence-corrected chi connectivity index (χ2v) is 9.45. The summed E-state index contributed by atoms with van der Waals surface area (Å²) in [6, 6.07) is 2.17. The Labute approximate surface area is 161 Å². The number of thioether (sulfide) groups is 1. The van der Waals surface area contributed by atoms with Crippen molar-refractivity contribution in [2.24, 2.45) is 13.0 Å². The largest absolute Gasteiger partial charge is 0.337 e. The lowest BCUT2D eigenvalue weighted by atomic mass is 9.90. The molecule has 140 valence electrons. The van der Waals surface area contributed by atoms with Gasteiger partial charge in [-0.2, -0.15) is 5.26 Å². The van der Waals surface area contributed by atoms with Gasteiger partial charge in [0.1, 0.15) is 10.4 Å². The highest BCUT2D eigenvalue weighted by molar-refractivity contribution is 8.00. The summed E-state index contributed by atoms with van der Waals surface area (Å²) in [7, 11) is 1.67. The monoisotopic (exact) mass is 392 g/mol. The average molecular weight is 393 g/mol. The second-order valence-electron chi connectivity index (χ2n) is 6.94. The fourth-order valence-corrected chi connectivity index (χ4v) is 4.28. The zero-order valence-electron chi connectivity index (χ0n) is 16.1. The summed E-state index contributed by atoms with van der Waals surface area (Å²) < 4.78 is 1.49. The minimum atomic E-state index is -0.933. The molecular formula is C18H24N4O2S2. The van der Waals surface area contributed by atoms with Gasteiger partial charge in [0.25, 0.3) is 5.56 Å². The molecule has 26 heavy (non-hydrogen) atoms. The van der Waals surface area contributed by atoms with Crippen LogP contribution in [-0.2, 0) is 11.8 Å². The molecule has 0 saturated carbocycles. The molecule has 0 radical (unpaired) electrons. The molecule has 2 aromatic heterocycles. The molecule has 2 aromatic rings. The number of amides is 1. The maximum atomic E-state index is 12.7. The first-order chi connectivity index (χ1) is 12.0. The Bertz CT molecular complexity index is 955. The van der Waals surface area contributed by atoms with Crippen LogP contribution in [0, 0.1) is 31.1 Å². The third-order valence-corrected chi connectivity index (χ3v) is 7.04. The van der Waals surface area contributed by atoms with Crippen molar-refractivity contribution in [3.63, 3.8) is 0 Å². The zero-order valence-corrected chi connectivity index (χ0v) is 17.8. The van der Waals surface area contributed by atoms with E-state index >= 15 is 0 Å². The highest BCUT2D eigenvalue weighted by Crippen LogP contribution is 2.29. The summed E-state index contributed by atoms with van der Waals surface area (Å²) >= 11 is 2.71. The maximum Gasteiger partial charge on any atom is 0.262 e. The standard InChI is InChI=1S/C18H24N4O2S2/c1-9(2)18(6,8-19)21-14(23)12(5)26-17-20-15-13(16(24)22(17)7)10(3)11(4)25-15/h9,12H,1-7H3,(H,21,23). The van der Waals surface area contributed by atoms with Gasteiger partial charge in [0.05, 0.1) is 16.7 Å². The number of aromatic nitrogens is 2. The van der Waals surface area contributed by atoms with Crippen LogP contribution in [0.2, 0.25) is 0 Å². The van der Waals surface area contributed by atoms with Gasteiger partial charge in [-0.3, -0.25) is 14.2 Å². The Morgan fingerprint density at radius 1 is 1.38 bits per heavy atom. The van der Waals surface area contributed by atoms with Crippen molar-refractivity contribution in [1.29, 1.82) is 5.26 Å². The number of fused-ring (bicyclic) bond motifs is 1. The van der Waals surface area contributed by atoms with Gasteiger partial charge < -0.3 is 5.32 Å². The lowest BCUT2D eigenvalue weighted by molar-refractivity contribution is -0.121. The van der Waals surface area contributed by atoms with Crippen molar-refractivity contribution in [3.8, 4) is 6.07 Å². The number of hydrogen-bond donors (Lipinski definition) is 1. The summed E-state index contributed by atoms with van der Waals surface area (Å²) in [5, 5.41) is 12.8. The molecule has 2 atom stereocenters. The van der Waals surface area contributed by atoms with Gasteiger partial charge in [-0.25, -0.2) is 4.98 Å². The molecule has 8 heteroatoms. The van der Waals surface area contributed by atoms with Crippen LogP contribution in [0.3, 0.4) is 0 Å². The third kappa shape index (κ3) is 3.64. The van der Waals surface area contributed by atoms with Crippen molar-refractivity contribution in [2.75, 3.05) is 0 Å². The first-order valence-electron chi connectivity index (χ1n) is 8.38. The molecule has 0 spiro atoms. The highest BCUT2D eigenvalue weighted by Gasteiger charge is 2.32. The van der Waals surface area contributed by atoms with Crippen molar-refractivity contribution in [3.05, 3.63) is 20.8 Å². The molecule has 2 rings (SSSR count). The summed E-state index contributed by atoms with van der Waals surface area (Å²) in [5.41, 5.74) is -0.0740. The Hall–Kier alpha value is -1.85. The second kappa shape index (κ2) is 7.41. The van der Waals surface area contributed by atoms with E-state index in [1.165, 1.54) is 27.7 Å². The van der Waals surface area contributed by atoms with E-state index in [4.69, 9.17) is 0 Å². The fourth-order valence-electron chi connectivity index (χ4n) is 2.33. The highest BCUT2D eigenvalue weighted by atomic mass is 32.2. The SMILES string of the molecule is Cc1sc2nc(SC(C)C(=O)NC(C)(C#N)C(C)C)n(C)c(=O)c2c1C. The van der Waals surface area contributed by atoms with Crippen LogP contribution < -0.4 is 10.9 Å². The van der Waals surface area contributed by atoms with E-state index in [0.717, 1.165) is 10.4 Å². The molecule has 0 aliphatic rings. The molecule has 6 nitrogen and oxygen atoms in total. The number of nitrogens with one attached hydrogen (secondary N) is 1. The predicted octanol–water partition coefficient (Wildman–Crippen LogP) is 3.15. The quantitative estimate of drug-likeness (QED) is 0.624. The van der Waals surface area contributed by atoms with E-state index in [1.54, 1.807) is 20.9 Å². The van der Waals surface area contributed by atoms with E-state index in [1.807, 2.05) is 27.7 Å². The molecule has 0 saturated heterocycles. The number of hydrogen-bond acceptors (Lipinski definition) is 6. The summed E-state index contributed by atoms with van der Waals surface area (Å²) in [5.74, 6) is -0.273. The van der Waals surface area contributed by atoms with Crippen LogP contribution in [0.1, 0.15) is 38.1 Å². The summed E-state index contributed by atoms with van der Waals surface area (Å²) in [6.07, 6.45) is 0. The van der Waals surface area contributed by atoms with Gasteiger partial charge in [0.15, 0.2) is 5.16 Å². The van der Waals surface area contributed by atoms with Gasteiger partial charge in [0, 0.05) is 11.9 Å². The van der Waals surface area contributed by atoms with E-state index in [0.29, 0.717) is 15.4 Å². The van der Waals surface area contributed by atoms with Crippen LogP contribution in [0.15, 0.2) is 9.95 Å².